The van der Waals surface area contributed by atoms with Crippen LogP contribution in [0.5, 0.6) is 0 Å². The second-order valence-electron chi connectivity index (χ2n) is 6.06. The van der Waals surface area contributed by atoms with Gasteiger partial charge in [0.15, 0.2) is 0 Å². The summed E-state index contributed by atoms with van der Waals surface area (Å²) in [6.07, 6.45) is 0. The summed E-state index contributed by atoms with van der Waals surface area (Å²) in [6, 6.07) is 0. The molecule has 1 aliphatic rings. The van der Waals surface area contributed by atoms with Gasteiger partial charge >= 0.3 is 0 Å². The molecule has 1 heterocycles. The van der Waals surface area contributed by atoms with Gasteiger partial charge in [-0.25, -0.2) is 5.26 Å². The zero-order chi connectivity index (χ0) is 20.3. The van der Waals surface area contributed by atoms with Gasteiger partial charge in [-0.1, -0.05) is 5.04 Å². The number of hydrogen-bond acceptors (Lipinski definition) is 11. The van der Waals surface area contributed by atoms with E-state index in [1.165, 1.54) is 0 Å². The van der Waals surface area contributed by atoms with Crippen LogP contribution in [-0.4, -0.2) is 122 Å². The van der Waals surface area contributed by atoms with Crippen molar-refractivity contribution in [3.63, 3.8) is 0 Å². The third-order valence-electron chi connectivity index (χ3n) is 4.10. The molecule has 0 aromatic carbocycles. The Morgan fingerprint density at radius 2 is 1.11 bits per heavy atom. The van der Waals surface area contributed by atoms with E-state index in [1.807, 2.05) is 9.80 Å². The lowest BCUT2D eigenvalue weighted by Crippen LogP contribution is -2.39. The summed E-state index contributed by atoms with van der Waals surface area (Å²) in [5.41, 5.74) is 0. The van der Waals surface area contributed by atoms with Crippen LogP contribution in [0.1, 0.15) is 0 Å². The molecule has 0 saturated carbocycles. The second kappa shape index (κ2) is 12.5. The molecule has 15 heteroatoms. The molecule has 0 radical (unpaired) electrons. The molecule has 1 fully saturated rings. The van der Waals surface area contributed by atoms with Gasteiger partial charge in [0, 0.05) is 76.7 Å². The van der Waals surface area contributed by atoms with Crippen molar-refractivity contribution in [2.75, 3.05) is 76.2 Å². The van der Waals surface area contributed by atoms with Crippen molar-refractivity contribution in [3.05, 3.63) is 0 Å². The van der Waals surface area contributed by atoms with Crippen molar-refractivity contribution in [1.82, 2.24) is 14.7 Å². The molecule has 1 rings (SSSR count). The maximum atomic E-state index is 11.0. The molecule has 0 amide bonds. The van der Waals surface area contributed by atoms with Crippen LogP contribution in [0.15, 0.2) is 0 Å². The number of nitrogens with zero attached hydrogens (tertiary/aromatic N) is 3. The first-order valence-electron chi connectivity index (χ1n) is 8.26. The molecule has 27 heavy (non-hydrogen) atoms. The highest BCUT2D eigenvalue weighted by Crippen LogP contribution is 2.06. The molecular formula is C12H27N3O9S3. The van der Waals surface area contributed by atoms with Crippen LogP contribution < -0.4 is 0 Å². The SMILES string of the molecule is O=S(=O)(O)CCN1CCN(CCSOOO)CCN(CCS(=O)(=O)O)CC1. The van der Waals surface area contributed by atoms with Crippen molar-refractivity contribution < 1.29 is 40.6 Å². The Hall–Kier alpha value is -0.0700. The fraction of sp³-hybridized carbons (Fsp3) is 1.00. The Bertz CT molecular complexity index is 569. The second-order valence-corrected chi connectivity index (χ2v) is 9.99. The molecule has 0 aromatic heterocycles. The third-order valence-corrected chi connectivity index (χ3v) is 6.00. The van der Waals surface area contributed by atoms with E-state index < -0.39 is 20.2 Å². The molecule has 0 aliphatic carbocycles. The summed E-state index contributed by atoms with van der Waals surface area (Å²) in [7, 11) is -8.14. The molecule has 1 saturated heterocycles. The Morgan fingerprint density at radius 3 is 1.44 bits per heavy atom. The van der Waals surface area contributed by atoms with Crippen molar-refractivity contribution in [1.29, 1.82) is 0 Å². The first kappa shape index (κ1) is 25.0. The highest BCUT2D eigenvalue weighted by molar-refractivity contribution is 7.94. The minimum absolute atomic E-state index is 0.162. The molecule has 0 spiro atoms. The van der Waals surface area contributed by atoms with Crippen LogP contribution in [0, 0.1) is 0 Å². The molecule has 162 valence electrons. The Labute approximate surface area is 163 Å². The lowest BCUT2D eigenvalue weighted by molar-refractivity contribution is -0.432. The molecule has 0 aromatic rings. The Kier molecular flexibility index (Phi) is 11.5. The monoisotopic (exact) mass is 453 g/mol. The zero-order valence-electron chi connectivity index (χ0n) is 14.8. The van der Waals surface area contributed by atoms with E-state index in [2.05, 4.69) is 14.3 Å². The summed E-state index contributed by atoms with van der Waals surface area (Å²) in [5, 5.41) is 11.7. The maximum absolute atomic E-state index is 11.0. The molecular weight excluding hydrogens is 426 g/mol. The minimum atomic E-state index is -4.07. The summed E-state index contributed by atoms with van der Waals surface area (Å²) in [6.45, 7) is 4.36. The predicted octanol–water partition coefficient (Wildman–Crippen LogP) is -1.25. The molecule has 0 atom stereocenters. The van der Waals surface area contributed by atoms with E-state index in [0.29, 0.717) is 51.6 Å². The zero-order valence-corrected chi connectivity index (χ0v) is 17.3. The van der Waals surface area contributed by atoms with Gasteiger partial charge < -0.3 is 0 Å². The minimum Gasteiger partial charge on any atom is -0.300 e. The maximum Gasteiger partial charge on any atom is 0.266 e. The summed E-state index contributed by atoms with van der Waals surface area (Å²) >= 11 is 0.927. The fourth-order valence-electron chi connectivity index (χ4n) is 2.57. The van der Waals surface area contributed by atoms with E-state index in [0.717, 1.165) is 12.0 Å². The van der Waals surface area contributed by atoms with Gasteiger partial charge in [0.2, 0.25) is 0 Å². The van der Waals surface area contributed by atoms with Gasteiger partial charge in [-0.2, -0.15) is 16.8 Å². The Balaban J connectivity index is 2.65. The van der Waals surface area contributed by atoms with E-state index in [9.17, 15) is 16.8 Å². The van der Waals surface area contributed by atoms with Crippen LogP contribution in [0.4, 0.5) is 0 Å². The van der Waals surface area contributed by atoms with Crippen LogP contribution >= 0.6 is 12.0 Å². The van der Waals surface area contributed by atoms with E-state index in [-0.39, 0.29) is 24.6 Å². The van der Waals surface area contributed by atoms with Gasteiger partial charge in [-0.3, -0.25) is 23.8 Å². The average Bonchev–Trinajstić information content (AvgIpc) is 2.65. The van der Waals surface area contributed by atoms with Gasteiger partial charge in [-0.05, 0) is 0 Å². The quantitative estimate of drug-likeness (QED) is 0.112. The summed E-state index contributed by atoms with van der Waals surface area (Å²) in [4.78, 5) is 5.85. The molecule has 12 nitrogen and oxygen atoms in total. The van der Waals surface area contributed by atoms with Gasteiger partial charge in [0.25, 0.3) is 20.2 Å². The van der Waals surface area contributed by atoms with Crippen molar-refractivity contribution in [3.8, 4) is 0 Å². The number of hydrogen-bond donors (Lipinski definition) is 3. The normalized spacial score (nSPS) is 19.5. The highest BCUT2D eigenvalue weighted by atomic mass is 32.2. The Morgan fingerprint density at radius 1 is 0.741 bits per heavy atom. The van der Waals surface area contributed by atoms with Gasteiger partial charge in [-0.15, -0.1) is 4.33 Å². The lowest BCUT2D eigenvalue weighted by atomic mass is 10.4. The van der Waals surface area contributed by atoms with E-state index in [4.69, 9.17) is 14.4 Å². The molecule has 3 N–H and O–H groups in total. The first-order valence-corrected chi connectivity index (χ1v) is 12.4. The number of rotatable bonds is 11. The predicted molar refractivity (Wildman–Crippen MR) is 99.4 cm³/mol. The van der Waals surface area contributed by atoms with E-state index >= 15 is 0 Å². The summed E-state index contributed by atoms with van der Waals surface area (Å²) in [5.74, 6) is -0.248. The van der Waals surface area contributed by atoms with Crippen molar-refractivity contribution in [2.24, 2.45) is 0 Å². The average molecular weight is 454 g/mol. The topological polar surface area (TPSA) is 157 Å². The largest absolute Gasteiger partial charge is 0.300 e. The molecule has 0 bridgehead atoms. The molecule has 1 aliphatic heterocycles. The third kappa shape index (κ3) is 13.7. The van der Waals surface area contributed by atoms with Crippen LogP contribution in [0.3, 0.4) is 0 Å². The highest BCUT2D eigenvalue weighted by Gasteiger charge is 2.19. The van der Waals surface area contributed by atoms with E-state index in [1.54, 1.807) is 0 Å². The molecule has 0 unspecified atom stereocenters. The lowest BCUT2D eigenvalue weighted by Gasteiger charge is -2.25. The smallest absolute Gasteiger partial charge is 0.266 e. The standard InChI is InChI=1S/C12H27N3O9S3/c16-23-24-25-10-7-13-1-3-14(8-11-26(17,18)19)5-6-15(4-2-13)9-12-27(20,21)22/h16H,1-12H2,(H,17,18,19)(H,20,21,22). The van der Waals surface area contributed by atoms with Gasteiger partial charge in [0.1, 0.15) is 0 Å². The first-order chi connectivity index (χ1) is 12.6. The fourth-order valence-corrected chi connectivity index (χ4v) is 3.99. The van der Waals surface area contributed by atoms with Crippen LogP contribution in [-0.2, 0) is 29.6 Å². The van der Waals surface area contributed by atoms with Crippen LogP contribution in [0.25, 0.3) is 0 Å². The van der Waals surface area contributed by atoms with Gasteiger partial charge in [0.05, 0.1) is 11.5 Å². The summed E-state index contributed by atoms with van der Waals surface area (Å²) < 4.78 is 66.3. The van der Waals surface area contributed by atoms with Crippen molar-refractivity contribution in [2.45, 2.75) is 0 Å². The van der Waals surface area contributed by atoms with Crippen LogP contribution in [0.2, 0.25) is 0 Å². The van der Waals surface area contributed by atoms with Crippen molar-refractivity contribution >= 4 is 32.3 Å².